The van der Waals surface area contributed by atoms with Gasteiger partial charge in [0.15, 0.2) is 5.78 Å². The predicted molar refractivity (Wildman–Crippen MR) is 126 cm³/mol. The second-order valence-corrected chi connectivity index (χ2v) is 9.96. The van der Waals surface area contributed by atoms with Crippen molar-refractivity contribution in [1.29, 1.82) is 0 Å². The average Bonchev–Trinajstić information content (AvgIpc) is 2.78. The standard InChI is InChI=1S/C24H21ClN2O4S/c1-32(30,31)27-13-5-8-17-14-18(9-12-22(17)27)24(29)26-21-11-10-19(25)15-20(21)23(28)16-6-3-2-4-7-16/h2-4,6-7,9-12,14-15H,5,8,13H2,1H3,(H,26,29). The van der Waals surface area contributed by atoms with Crippen LogP contribution in [0.3, 0.4) is 0 Å². The smallest absolute Gasteiger partial charge is 0.255 e. The van der Waals surface area contributed by atoms with E-state index in [9.17, 15) is 18.0 Å². The van der Waals surface area contributed by atoms with Gasteiger partial charge in [-0.05, 0) is 54.8 Å². The maximum absolute atomic E-state index is 13.0. The van der Waals surface area contributed by atoms with Crippen molar-refractivity contribution < 1.29 is 18.0 Å². The Bertz CT molecular complexity index is 1310. The lowest BCUT2D eigenvalue weighted by molar-refractivity contribution is 0.102. The number of benzene rings is 3. The Hall–Kier alpha value is -3.16. The van der Waals surface area contributed by atoms with Gasteiger partial charge in [0, 0.05) is 28.3 Å². The van der Waals surface area contributed by atoms with E-state index in [0.29, 0.717) is 52.5 Å². The maximum Gasteiger partial charge on any atom is 0.255 e. The van der Waals surface area contributed by atoms with E-state index in [-0.39, 0.29) is 5.78 Å². The van der Waals surface area contributed by atoms with Crippen molar-refractivity contribution in [3.63, 3.8) is 0 Å². The molecule has 8 heteroatoms. The van der Waals surface area contributed by atoms with Gasteiger partial charge in [-0.25, -0.2) is 8.42 Å². The first-order valence-corrected chi connectivity index (χ1v) is 12.3. The summed E-state index contributed by atoms with van der Waals surface area (Å²) in [4.78, 5) is 26.0. The lowest BCUT2D eigenvalue weighted by atomic mass is 9.99. The fourth-order valence-electron chi connectivity index (χ4n) is 3.80. The first-order chi connectivity index (χ1) is 15.2. The summed E-state index contributed by atoms with van der Waals surface area (Å²) in [5.74, 6) is -0.647. The van der Waals surface area contributed by atoms with Crippen molar-refractivity contribution in [1.82, 2.24) is 0 Å². The van der Waals surface area contributed by atoms with Crippen molar-refractivity contribution in [2.45, 2.75) is 12.8 Å². The average molecular weight is 469 g/mol. The molecule has 4 rings (SSSR count). The molecule has 32 heavy (non-hydrogen) atoms. The van der Waals surface area contributed by atoms with Crippen LogP contribution in [0.1, 0.15) is 38.3 Å². The number of fused-ring (bicyclic) bond motifs is 1. The number of aryl methyl sites for hydroxylation is 1. The second-order valence-electron chi connectivity index (χ2n) is 7.62. The van der Waals surface area contributed by atoms with Crippen molar-refractivity contribution in [2.75, 3.05) is 22.4 Å². The normalized spacial score (nSPS) is 13.4. The van der Waals surface area contributed by atoms with Gasteiger partial charge in [0.05, 0.1) is 17.6 Å². The molecule has 1 aliphatic heterocycles. The van der Waals surface area contributed by atoms with Gasteiger partial charge in [-0.15, -0.1) is 0 Å². The molecule has 0 fully saturated rings. The lowest BCUT2D eigenvalue weighted by Gasteiger charge is -2.29. The molecule has 0 bridgehead atoms. The van der Waals surface area contributed by atoms with Crippen LogP contribution >= 0.6 is 11.6 Å². The molecule has 164 valence electrons. The molecule has 0 saturated carbocycles. The van der Waals surface area contributed by atoms with Gasteiger partial charge < -0.3 is 5.32 Å². The van der Waals surface area contributed by atoms with E-state index in [1.54, 1.807) is 54.6 Å². The largest absolute Gasteiger partial charge is 0.321 e. The summed E-state index contributed by atoms with van der Waals surface area (Å²) in [6.07, 6.45) is 2.54. The topological polar surface area (TPSA) is 83.6 Å². The molecule has 0 atom stereocenters. The molecule has 1 amide bonds. The molecule has 1 aliphatic rings. The van der Waals surface area contributed by atoms with Crippen LogP contribution in [0.2, 0.25) is 5.02 Å². The number of hydrogen-bond donors (Lipinski definition) is 1. The Labute approximate surface area is 191 Å². The van der Waals surface area contributed by atoms with Crippen LogP contribution < -0.4 is 9.62 Å². The molecule has 0 spiro atoms. The van der Waals surface area contributed by atoms with Crippen LogP contribution in [-0.2, 0) is 16.4 Å². The van der Waals surface area contributed by atoms with Crippen LogP contribution in [0.15, 0.2) is 66.7 Å². The van der Waals surface area contributed by atoms with E-state index in [0.717, 1.165) is 5.56 Å². The molecule has 3 aromatic rings. The first kappa shape index (κ1) is 22.0. The summed E-state index contributed by atoms with van der Waals surface area (Å²) in [7, 11) is -3.38. The third kappa shape index (κ3) is 4.54. The molecule has 0 saturated heterocycles. The SMILES string of the molecule is CS(=O)(=O)N1CCCc2cc(C(=O)Nc3ccc(Cl)cc3C(=O)c3ccccc3)ccc21. The van der Waals surface area contributed by atoms with E-state index in [4.69, 9.17) is 11.6 Å². The summed E-state index contributed by atoms with van der Waals surface area (Å²) in [6, 6.07) is 18.4. The second kappa shape index (κ2) is 8.76. The number of carbonyl (C=O) groups is 2. The molecular weight excluding hydrogens is 448 g/mol. The molecule has 0 unspecified atom stereocenters. The Morgan fingerprint density at radius 3 is 2.44 bits per heavy atom. The van der Waals surface area contributed by atoms with Crippen LogP contribution in [0.4, 0.5) is 11.4 Å². The zero-order chi connectivity index (χ0) is 22.9. The number of nitrogens with one attached hydrogen (secondary N) is 1. The number of carbonyl (C=O) groups excluding carboxylic acids is 2. The lowest BCUT2D eigenvalue weighted by Crippen LogP contribution is -2.34. The number of anilines is 2. The van der Waals surface area contributed by atoms with Crippen LogP contribution in [-0.4, -0.2) is 32.9 Å². The molecule has 0 aliphatic carbocycles. The molecule has 6 nitrogen and oxygen atoms in total. The van der Waals surface area contributed by atoms with Gasteiger partial charge in [0.1, 0.15) is 0 Å². The van der Waals surface area contributed by atoms with E-state index in [1.807, 2.05) is 6.07 Å². The number of halogens is 1. The number of nitrogens with zero attached hydrogens (tertiary/aromatic N) is 1. The summed E-state index contributed by atoms with van der Waals surface area (Å²) < 4.78 is 25.5. The van der Waals surface area contributed by atoms with E-state index >= 15 is 0 Å². The molecular formula is C24H21ClN2O4S. The van der Waals surface area contributed by atoms with Gasteiger partial charge in [-0.3, -0.25) is 13.9 Å². The summed E-state index contributed by atoms with van der Waals surface area (Å²) in [5.41, 5.74) is 2.90. The number of amides is 1. The third-order valence-corrected chi connectivity index (χ3v) is 6.74. The van der Waals surface area contributed by atoms with Crippen molar-refractivity contribution in [3.8, 4) is 0 Å². The van der Waals surface area contributed by atoms with Crippen molar-refractivity contribution in [2.24, 2.45) is 0 Å². The highest BCUT2D eigenvalue weighted by atomic mass is 35.5. The Kier molecular flexibility index (Phi) is 6.04. The highest BCUT2D eigenvalue weighted by Crippen LogP contribution is 2.30. The van der Waals surface area contributed by atoms with Crippen molar-refractivity contribution in [3.05, 3.63) is 94.0 Å². The fraction of sp³-hybridized carbons (Fsp3) is 0.167. The Morgan fingerprint density at radius 1 is 0.969 bits per heavy atom. The third-order valence-electron chi connectivity index (χ3n) is 5.33. The number of ketones is 1. The van der Waals surface area contributed by atoms with E-state index < -0.39 is 15.9 Å². The first-order valence-electron chi connectivity index (χ1n) is 10.1. The molecule has 0 radical (unpaired) electrons. The monoisotopic (exact) mass is 468 g/mol. The quantitative estimate of drug-likeness (QED) is 0.557. The maximum atomic E-state index is 13.0. The van der Waals surface area contributed by atoms with Crippen LogP contribution in [0.5, 0.6) is 0 Å². The van der Waals surface area contributed by atoms with Gasteiger partial charge >= 0.3 is 0 Å². The fourth-order valence-corrected chi connectivity index (χ4v) is 4.97. The number of hydrogen-bond acceptors (Lipinski definition) is 4. The summed E-state index contributed by atoms with van der Waals surface area (Å²) in [5, 5.41) is 3.19. The molecule has 1 heterocycles. The Balaban J connectivity index is 1.64. The number of rotatable bonds is 5. The summed E-state index contributed by atoms with van der Waals surface area (Å²) >= 11 is 6.11. The molecule has 1 N–H and O–H groups in total. The van der Waals surface area contributed by atoms with Gasteiger partial charge in [0.2, 0.25) is 10.0 Å². The Morgan fingerprint density at radius 2 is 1.72 bits per heavy atom. The van der Waals surface area contributed by atoms with Crippen LogP contribution in [0, 0.1) is 0 Å². The molecule has 0 aromatic heterocycles. The number of sulfonamides is 1. The van der Waals surface area contributed by atoms with E-state index in [1.165, 1.54) is 16.6 Å². The zero-order valence-corrected chi connectivity index (χ0v) is 18.9. The van der Waals surface area contributed by atoms with Crippen molar-refractivity contribution >= 4 is 44.7 Å². The van der Waals surface area contributed by atoms with Gasteiger partial charge in [0.25, 0.3) is 5.91 Å². The van der Waals surface area contributed by atoms with Gasteiger partial charge in [-0.2, -0.15) is 0 Å². The zero-order valence-electron chi connectivity index (χ0n) is 17.3. The predicted octanol–water partition coefficient (Wildman–Crippen LogP) is 4.54. The molecule has 3 aromatic carbocycles. The van der Waals surface area contributed by atoms with E-state index in [2.05, 4.69) is 5.32 Å². The van der Waals surface area contributed by atoms with Gasteiger partial charge in [-0.1, -0.05) is 41.9 Å². The van der Waals surface area contributed by atoms with Crippen LogP contribution in [0.25, 0.3) is 0 Å². The highest BCUT2D eigenvalue weighted by molar-refractivity contribution is 7.92. The summed E-state index contributed by atoms with van der Waals surface area (Å²) in [6.45, 7) is 0.424. The highest BCUT2D eigenvalue weighted by Gasteiger charge is 2.25. The minimum absolute atomic E-state index is 0.252. The minimum Gasteiger partial charge on any atom is -0.321 e. The minimum atomic E-state index is -3.38.